The Morgan fingerprint density at radius 3 is 2.62 bits per heavy atom. The van der Waals surface area contributed by atoms with Crippen molar-refractivity contribution in [2.24, 2.45) is 0 Å². The van der Waals surface area contributed by atoms with Crippen molar-refractivity contribution in [2.75, 3.05) is 6.54 Å². The molecular weight excluding hydrogens is 190 g/mol. The van der Waals surface area contributed by atoms with Crippen molar-refractivity contribution in [3.05, 3.63) is 0 Å². The van der Waals surface area contributed by atoms with Gasteiger partial charge in [-0.3, -0.25) is 0 Å². The summed E-state index contributed by atoms with van der Waals surface area (Å²) in [4.78, 5) is 0. The predicted octanol–water partition coefficient (Wildman–Crippen LogP) is 0.123. The summed E-state index contributed by atoms with van der Waals surface area (Å²) in [5.41, 5.74) is 0. The Hall–Kier alpha value is -0.640. The lowest BCUT2D eigenvalue weighted by molar-refractivity contribution is 0.548. The van der Waals surface area contributed by atoms with Gasteiger partial charge < -0.3 is 0 Å². The van der Waals surface area contributed by atoms with Gasteiger partial charge in [0.2, 0.25) is 0 Å². The molecule has 0 radical (unpaired) electrons. The van der Waals surface area contributed by atoms with E-state index in [4.69, 9.17) is 5.26 Å². The topological polar surface area (TPSA) is 82.0 Å². The number of hydrogen-bond donors (Lipinski definition) is 2. The Kier molecular flexibility index (Phi) is 5.62. The second-order valence-corrected chi connectivity index (χ2v) is 4.31. The fourth-order valence-corrected chi connectivity index (χ4v) is 1.89. The van der Waals surface area contributed by atoms with Crippen LogP contribution in [0.1, 0.15) is 26.7 Å². The van der Waals surface area contributed by atoms with Crippen molar-refractivity contribution < 1.29 is 8.42 Å². The molecule has 0 bridgehead atoms. The minimum atomic E-state index is -3.42. The summed E-state index contributed by atoms with van der Waals surface area (Å²) in [6.45, 7) is 3.93. The first-order chi connectivity index (χ1) is 6.02. The Morgan fingerprint density at radius 2 is 2.15 bits per heavy atom. The van der Waals surface area contributed by atoms with Crippen molar-refractivity contribution in [2.45, 2.75) is 32.7 Å². The minimum absolute atomic E-state index is 0.174. The van der Waals surface area contributed by atoms with Gasteiger partial charge in [0.1, 0.15) is 0 Å². The second kappa shape index (κ2) is 5.91. The van der Waals surface area contributed by atoms with Crippen LogP contribution in [0.3, 0.4) is 0 Å². The molecule has 0 amide bonds. The summed E-state index contributed by atoms with van der Waals surface area (Å²) >= 11 is 0. The standard InChI is InChI=1S/C7H15N3O2S/c1-3-6-9-13(11,12)10-7(2)4-5-8/h7,9-10H,3-4,6H2,1-2H3. The Morgan fingerprint density at radius 1 is 1.54 bits per heavy atom. The van der Waals surface area contributed by atoms with E-state index in [0.29, 0.717) is 6.54 Å². The van der Waals surface area contributed by atoms with Crippen LogP contribution in [0, 0.1) is 11.3 Å². The second-order valence-electron chi connectivity index (χ2n) is 2.78. The third-order valence-electron chi connectivity index (χ3n) is 1.30. The van der Waals surface area contributed by atoms with Crippen LogP contribution in [0.15, 0.2) is 0 Å². The van der Waals surface area contributed by atoms with Crippen LogP contribution in [-0.2, 0) is 10.2 Å². The third-order valence-corrected chi connectivity index (χ3v) is 2.59. The average molecular weight is 205 g/mol. The van der Waals surface area contributed by atoms with Gasteiger partial charge in [0.15, 0.2) is 0 Å². The minimum Gasteiger partial charge on any atom is -0.202 e. The monoisotopic (exact) mass is 205 g/mol. The molecule has 0 saturated heterocycles. The first-order valence-electron chi connectivity index (χ1n) is 4.15. The molecule has 0 heterocycles. The highest BCUT2D eigenvalue weighted by molar-refractivity contribution is 7.87. The number of nitrogens with one attached hydrogen (secondary N) is 2. The van der Waals surface area contributed by atoms with Gasteiger partial charge in [-0.2, -0.15) is 18.4 Å². The molecular formula is C7H15N3O2S. The summed E-state index contributed by atoms with van der Waals surface area (Å²) in [7, 11) is -3.42. The highest BCUT2D eigenvalue weighted by Crippen LogP contribution is 1.90. The molecule has 0 saturated carbocycles. The normalized spacial score (nSPS) is 13.6. The van der Waals surface area contributed by atoms with E-state index < -0.39 is 10.2 Å². The zero-order valence-electron chi connectivity index (χ0n) is 7.87. The van der Waals surface area contributed by atoms with Crippen LogP contribution in [0.25, 0.3) is 0 Å². The van der Waals surface area contributed by atoms with Gasteiger partial charge >= 0.3 is 0 Å². The fraction of sp³-hybridized carbons (Fsp3) is 0.857. The molecule has 5 nitrogen and oxygen atoms in total. The summed E-state index contributed by atoms with van der Waals surface area (Å²) in [5, 5.41) is 8.30. The van der Waals surface area contributed by atoms with Crippen molar-refractivity contribution in [3.8, 4) is 6.07 Å². The maximum atomic E-state index is 11.1. The Bertz CT molecular complexity index is 268. The first-order valence-corrected chi connectivity index (χ1v) is 5.64. The molecule has 0 aliphatic rings. The molecule has 13 heavy (non-hydrogen) atoms. The van der Waals surface area contributed by atoms with Gasteiger partial charge in [-0.15, -0.1) is 0 Å². The lowest BCUT2D eigenvalue weighted by Gasteiger charge is -2.10. The van der Waals surface area contributed by atoms with Gasteiger partial charge in [-0.1, -0.05) is 6.92 Å². The maximum absolute atomic E-state index is 11.1. The number of rotatable bonds is 6. The van der Waals surface area contributed by atoms with E-state index in [0.717, 1.165) is 6.42 Å². The van der Waals surface area contributed by atoms with Crippen LogP contribution in [-0.4, -0.2) is 21.0 Å². The van der Waals surface area contributed by atoms with Gasteiger partial charge in [-0.05, 0) is 13.3 Å². The van der Waals surface area contributed by atoms with Crippen molar-refractivity contribution in [3.63, 3.8) is 0 Å². The molecule has 1 atom stereocenters. The molecule has 6 heteroatoms. The summed E-state index contributed by atoms with van der Waals surface area (Å²) in [6.07, 6.45) is 0.917. The molecule has 2 N–H and O–H groups in total. The van der Waals surface area contributed by atoms with Gasteiger partial charge in [-0.25, -0.2) is 4.72 Å². The van der Waals surface area contributed by atoms with E-state index in [1.807, 2.05) is 13.0 Å². The lowest BCUT2D eigenvalue weighted by atomic mass is 10.3. The van der Waals surface area contributed by atoms with Crippen molar-refractivity contribution in [1.82, 2.24) is 9.44 Å². The van der Waals surface area contributed by atoms with Crippen LogP contribution >= 0.6 is 0 Å². The zero-order chi connectivity index (χ0) is 10.3. The van der Waals surface area contributed by atoms with Crippen molar-refractivity contribution >= 4 is 10.2 Å². The van der Waals surface area contributed by atoms with Gasteiger partial charge in [0, 0.05) is 12.6 Å². The average Bonchev–Trinajstić information content (AvgIpc) is 2.00. The number of nitriles is 1. The summed E-state index contributed by atoms with van der Waals surface area (Å²) < 4.78 is 27.0. The van der Waals surface area contributed by atoms with Gasteiger partial charge in [0.25, 0.3) is 10.2 Å². The summed E-state index contributed by atoms with van der Waals surface area (Å²) in [5.74, 6) is 0. The molecule has 76 valence electrons. The molecule has 0 aromatic carbocycles. The van der Waals surface area contributed by atoms with Gasteiger partial charge in [0.05, 0.1) is 12.5 Å². The molecule has 0 aromatic heterocycles. The number of nitrogens with zero attached hydrogens (tertiary/aromatic N) is 1. The highest BCUT2D eigenvalue weighted by atomic mass is 32.2. The SMILES string of the molecule is CCCNS(=O)(=O)NC(C)CC#N. The van der Waals surface area contributed by atoms with E-state index in [-0.39, 0.29) is 12.5 Å². The zero-order valence-corrected chi connectivity index (χ0v) is 8.69. The van der Waals surface area contributed by atoms with Crippen molar-refractivity contribution in [1.29, 1.82) is 5.26 Å². The van der Waals surface area contributed by atoms with Crippen LogP contribution in [0.5, 0.6) is 0 Å². The fourth-order valence-electron chi connectivity index (χ4n) is 0.722. The summed E-state index contributed by atoms with van der Waals surface area (Å²) in [6, 6.07) is 1.54. The van der Waals surface area contributed by atoms with Crippen LogP contribution in [0.2, 0.25) is 0 Å². The molecule has 0 rings (SSSR count). The molecule has 0 aliphatic carbocycles. The highest BCUT2D eigenvalue weighted by Gasteiger charge is 2.12. The Labute approximate surface area is 79.3 Å². The molecule has 0 spiro atoms. The molecule has 0 aliphatic heterocycles. The smallest absolute Gasteiger partial charge is 0.202 e. The van der Waals surface area contributed by atoms with E-state index >= 15 is 0 Å². The number of hydrogen-bond acceptors (Lipinski definition) is 3. The predicted molar refractivity (Wildman–Crippen MR) is 50.0 cm³/mol. The van der Waals surface area contributed by atoms with Crippen LogP contribution in [0.4, 0.5) is 0 Å². The molecule has 0 fully saturated rings. The maximum Gasteiger partial charge on any atom is 0.277 e. The van der Waals surface area contributed by atoms with E-state index in [2.05, 4.69) is 9.44 Å². The lowest BCUT2D eigenvalue weighted by Crippen LogP contribution is -2.41. The molecule has 0 aromatic rings. The van der Waals surface area contributed by atoms with E-state index in [1.165, 1.54) is 0 Å². The largest absolute Gasteiger partial charge is 0.277 e. The molecule has 1 unspecified atom stereocenters. The first kappa shape index (κ1) is 12.4. The van der Waals surface area contributed by atoms with E-state index in [9.17, 15) is 8.42 Å². The quantitative estimate of drug-likeness (QED) is 0.646. The van der Waals surface area contributed by atoms with Crippen LogP contribution < -0.4 is 9.44 Å². The van der Waals surface area contributed by atoms with E-state index in [1.54, 1.807) is 6.92 Å². The third kappa shape index (κ3) is 6.51. The Balaban J connectivity index is 3.96.